The van der Waals surface area contributed by atoms with Gasteiger partial charge >= 0.3 is 0 Å². The molecule has 0 spiro atoms. The van der Waals surface area contributed by atoms with E-state index in [0.717, 1.165) is 28.3 Å². The van der Waals surface area contributed by atoms with Crippen molar-refractivity contribution < 1.29 is 26.7 Å². The van der Waals surface area contributed by atoms with E-state index in [4.69, 9.17) is 4.74 Å². The van der Waals surface area contributed by atoms with Gasteiger partial charge in [-0.15, -0.1) is 0 Å². The van der Waals surface area contributed by atoms with Gasteiger partial charge in [0.05, 0.1) is 18.0 Å². The van der Waals surface area contributed by atoms with Crippen LogP contribution in [0, 0.1) is 18.6 Å². The van der Waals surface area contributed by atoms with Crippen molar-refractivity contribution in [1.29, 1.82) is 0 Å². The van der Waals surface area contributed by atoms with E-state index in [1.807, 2.05) is 31.2 Å². The summed E-state index contributed by atoms with van der Waals surface area (Å²) in [5.74, 6) is -1.75. The number of amides is 1. The number of anilines is 1. The molecular weight excluding hydrogens is 414 g/mol. The minimum Gasteiger partial charge on any atom is -0.491 e. The normalized spacial score (nSPS) is 12.3. The van der Waals surface area contributed by atoms with E-state index >= 15 is 0 Å². The van der Waals surface area contributed by atoms with Crippen LogP contribution in [0.25, 0.3) is 0 Å². The Morgan fingerprint density at radius 1 is 1.13 bits per heavy atom. The fourth-order valence-corrected chi connectivity index (χ4v) is 3.71. The number of benzene rings is 2. The Labute approximate surface area is 175 Å². The van der Waals surface area contributed by atoms with Crippen molar-refractivity contribution >= 4 is 21.6 Å². The molecule has 0 aliphatic heterocycles. The third kappa shape index (κ3) is 7.29. The largest absolute Gasteiger partial charge is 0.491 e. The molecule has 0 aliphatic rings. The van der Waals surface area contributed by atoms with Gasteiger partial charge in [0.2, 0.25) is 15.9 Å². The minimum absolute atomic E-state index is 0.0108. The average Bonchev–Trinajstić information content (AvgIpc) is 2.66. The summed E-state index contributed by atoms with van der Waals surface area (Å²) in [6.45, 7) is 4.03. The molecule has 0 saturated carbocycles. The summed E-state index contributed by atoms with van der Waals surface area (Å²) >= 11 is 0. The summed E-state index contributed by atoms with van der Waals surface area (Å²) in [6.07, 6.45) is 1.26. The molecule has 6 nitrogen and oxygen atoms in total. The zero-order valence-corrected chi connectivity index (χ0v) is 18.0. The van der Waals surface area contributed by atoms with Gasteiger partial charge < -0.3 is 10.1 Å². The number of rotatable bonds is 10. The third-order valence-corrected chi connectivity index (χ3v) is 5.48. The Balaban J connectivity index is 1.83. The predicted molar refractivity (Wildman–Crippen MR) is 112 cm³/mol. The van der Waals surface area contributed by atoms with Gasteiger partial charge in [0.1, 0.15) is 12.4 Å². The zero-order chi connectivity index (χ0) is 22.3. The number of carbonyl (C=O) groups excluding carboxylic acids is 1. The van der Waals surface area contributed by atoms with Gasteiger partial charge in [-0.1, -0.05) is 17.7 Å². The van der Waals surface area contributed by atoms with E-state index in [0.29, 0.717) is 12.4 Å². The SMILES string of the molecule is Cc1ccc(OC[C@@H](C)NC(=O)CCCN(c2ccc(F)c(F)c2)S(C)(=O)=O)cc1. The number of nitrogens with zero attached hydrogens (tertiary/aromatic N) is 1. The topological polar surface area (TPSA) is 75.7 Å². The first-order valence-electron chi connectivity index (χ1n) is 9.48. The van der Waals surface area contributed by atoms with Crippen molar-refractivity contribution in [2.45, 2.75) is 32.7 Å². The Morgan fingerprint density at radius 3 is 2.40 bits per heavy atom. The van der Waals surface area contributed by atoms with Gasteiger partial charge in [0.15, 0.2) is 11.6 Å². The lowest BCUT2D eigenvalue weighted by atomic mass is 10.2. The third-order valence-electron chi connectivity index (χ3n) is 4.28. The van der Waals surface area contributed by atoms with Crippen molar-refractivity contribution in [1.82, 2.24) is 5.32 Å². The van der Waals surface area contributed by atoms with Crippen LogP contribution in [-0.2, 0) is 14.8 Å². The Bertz CT molecular complexity index is 965. The number of carbonyl (C=O) groups is 1. The van der Waals surface area contributed by atoms with Crippen molar-refractivity contribution in [3.63, 3.8) is 0 Å². The lowest BCUT2D eigenvalue weighted by molar-refractivity contribution is -0.121. The van der Waals surface area contributed by atoms with Crippen LogP contribution in [0.15, 0.2) is 42.5 Å². The molecule has 2 aromatic rings. The van der Waals surface area contributed by atoms with Crippen LogP contribution in [-0.4, -0.2) is 39.8 Å². The molecular formula is C21H26F2N2O4S. The van der Waals surface area contributed by atoms with E-state index in [-0.39, 0.29) is 37.0 Å². The van der Waals surface area contributed by atoms with E-state index in [9.17, 15) is 22.0 Å². The number of nitrogens with one attached hydrogen (secondary N) is 1. The Kier molecular flexibility index (Phi) is 8.16. The second-order valence-electron chi connectivity index (χ2n) is 7.13. The second kappa shape index (κ2) is 10.4. The molecule has 0 heterocycles. The lowest BCUT2D eigenvalue weighted by Gasteiger charge is -2.22. The fraction of sp³-hybridized carbons (Fsp3) is 0.381. The molecule has 0 aromatic heterocycles. The van der Waals surface area contributed by atoms with Gasteiger partial charge in [-0.25, -0.2) is 17.2 Å². The molecule has 1 N–H and O–H groups in total. The van der Waals surface area contributed by atoms with Crippen LogP contribution in [0.5, 0.6) is 5.75 Å². The molecule has 164 valence electrons. The van der Waals surface area contributed by atoms with Crippen molar-refractivity contribution in [2.75, 3.05) is 23.7 Å². The molecule has 2 aromatic carbocycles. The summed E-state index contributed by atoms with van der Waals surface area (Å²) < 4.78 is 57.2. The molecule has 0 saturated heterocycles. The smallest absolute Gasteiger partial charge is 0.232 e. The number of aryl methyl sites for hydroxylation is 1. The molecule has 30 heavy (non-hydrogen) atoms. The van der Waals surface area contributed by atoms with Crippen LogP contribution in [0.3, 0.4) is 0 Å². The first-order valence-corrected chi connectivity index (χ1v) is 11.3. The summed E-state index contributed by atoms with van der Waals surface area (Å²) in [7, 11) is -3.72. The van der Waals surface area contributed by atoms with Gasteiger partial charge in [-0.2, -0.15) is 0 Å². The van der Waals surface area contributed by atoms with Crippen LogP contribution >= 0.6 is 0 Å². The van der Waals surface area contributed by atoms with Crippen LogP contribution in [0.4, 0.5) is 14.5 Å². The van der Waals surface area contributed by atoms with Crippen molar-refractivity contribution in [3.05, 3.63) is 59.7 Å². The van der Waals surface area contributed by atoms with Crippen LogP contribution in [0.2, 0.25) is 0 Å². The first-order chi connectivity index (χ1) is 14.1. The van der Waals surface area contributed by atoms with E-state index in [1.165, 1.54) is 6.07 Å². The molecule has 1 amide bonds. The van der Waals surface area contributed by atoms with E-state index < -0.39 is 21.7 Å². The fourth-order valence-electron chi connectivity index (χ4n) is 2.75. The van der Waals surface area contributed by atoms with Gasteiger partial charge in [0.25, 0.3) is 0 Å². The molecule has 2 rings (SSSR count). The average molecular weight is 441 g/mol. The predicted octanol–water partition coefficient (Wildman–Crippen LogP) is 3.40. The maximum atomic E-state index is 13.5. The van der Waals surface area contributed by atoms with Crippen molar-refractivity contribution in [3.8, 4) is 5.75 Å². The maximum Gasteiger partial charge on any atom is 0.232 e. The molecule has 9 heteroatoms. The van der Waals surface area contributed by atoms with Crippen LogP contribution in [0.1, 0.15) is 25.3 Å². The highest BCUT2D eigenvalue weighted by atomic mass is 32.2. The highest BCUT2D eigenvalue weighted by Crippen LogP contribution is 2.21. The lowest BCUT2D eigenvalue weighted by Crippen LogP contribution is -2.37. The first kappa shape index (κ1) is 23.6. The van der Waals surface area contributed by atoms with Gasteiger partial charge in [0, 0.05) is 19.0 Å². The second-order valence-corrected chi connectivity index (χ2v) is 9.04. The standard InChI is InChI=1S/C21H26F2N2O4S/c1-15-6-9-18(10-7-15)29-14-16(2)24-21(26)5-4-12-25(30(3,27)28)17-8-11-19(22)20(23)13-17/h6-11,13,16H,4-5,12,14H2,1-3H3,(H,24,26)/t16-/m1/s1. The van der Waals surface area contributed by atoms with E-state index in [2.05, 4.69) is 5.32 Å². The number of ether oxygens (including phenoxy) is 1. The quantitative estimate of drug-likeness (QED) is 0.614. The molecule has 0 bridgehead atoms. The number of hydrogen-bond acceptors (Lipinski definition) is 4. The summed E-state index contributed by atoms with van der Waals surface area (Å²) in [6, 6.07) is 10.2. The summed E-state index contributed by atoms with van der Waals surface area (Å²) in [4.78, 5) is 12.1. The molecule has 0 aliphatic carbocycles. The minimum atomic E-state index is -3.72. The number of sulfonamides is 1. The van der Waals surface area contributed by atoms with Crippen molar-refractivity contribution in [2.24, 2.45) is 0 Å². The molecule has 0 radical (unpaired) electrons. The Morgan fingerprint density at radius 2 is 1.80 bits per heavy atom. The Hall–Kier alpha value is -2.68. The van der Waals surface area contributed by atoms with E-state index in [1.54, 1.807) is 6.92 Å². The van der Waals surface area contributed by atoms with Gasteiger partial charge in [-0.05, 0) is 44.5 Å². The molecule has 1 atom stereocenters. The number of halogens is 2. The molecule has 0 fully saturated rings. The summed E-state index contributed by atoms with van der Waals surface area (Å²) in [5.41, 5.74) is 1.13. The van der Waals surface area contributed by atoms with Gasteiger partial charge in [-0.3, -0.25) is 9.10 Å². The molecule has 0 unspecified atom stereocenters. The highest BCUT2D eigenvalue weighted by molar-refractivity contribution is 7.92. The monoisotopic (exact) mass is 440 g/mol. The highest BCUT2D eigenvalue weighted by Gasteiger charge is 2.19. The number of hydrogen-bond donors (Lipinski definition) is 1. The van der Waals surface area contributed by atoms with Crippen LogP contribution < -0.4 is 14.4 Å². The summed E-state index contributed by atoms with van der Waals surface area (Å²) in [5, 5.41) is 2.79. The zero-order valence-electron chi connectivity index (χ0n) is 17.2. The maximum absolute atomic E-state index is 13.5.